The molecule has 0 fully saturated rings. The van der Waals surface area contributed by atoms with Crippen molar-refractivity contribution in [1.82, 2.24) is 0 Å². The summed E-state index contributed by atoms with van der Waals surface area (Å²) in [6.07, 6.45) is 3.87. The van der Waals surface area contributed by atoms with Crippen LogP contribution in [0, 0.1) is 0 Å². The smallest absolute Gasteiger partial charge is 0.187 e. The van der Waals surface area contributed by atoms with Crippen LogP contribution in [0.1, 0.15) is 0 Å². The van der Waals surface area contributed by atoms with Gasteiger partial charge in [-0.05, 0) is 12.2 Å². The van der Waals surface area contributed by atoms with Gasteiger partial charge in [0.15, 0.2) is 17.4 Å². The van der Waals surface area contributed by atoms with Crippen LogP contribution in [0.15, 0.2) is 25.3 Å². The second-order valence-corrected chi connectivity index (χ2v) is 2.88. The molecule has 0 aromatic heterocycles. The lowest BCUT2D eigenvalue weighted by molar-refractivity contribution is -0.878. The summed E-state index contributed by atoms with van der Waals surface area (Å²) in [6.45, 7) is 9.37. The summed E-state index contributed by atoms with van der Waals surface area (Å²) in [5.74, 6) is 0. The van der Waals surface area contributed by atoms with Gasteiger partial charge in [0.1, 0.15) is 0 Å². The Labute approximate surface area is 86.9 Å². The molecular weight excluding hydrogens is 173 g/mol. The molecule has 0 N–H and O–H groups in total. The minimum atomic E-state index is 0. The molecule has 0 aromatic carbocycles. The fourth-order valence-electron chi connectivity index (χ4n) is 0.774. The first-order chi connectivity index (χ1) is 4.12. The number of nitrogens with zero attached hydrogens (tertiary/aromatic N) is 1. The predicted octanol–water partition coefficient (Wildman–Crippen LogP) is 0.673. The summed E-state index contributed by atoms with van der Waals surface area (Å²) in [6, 6.07) is 0. The number of likely N-dealkylation sites (N-methyl/N-ethyl adjacent to an activating group) is 1. The zero-order chi connectivity index (χ0) is 7.33. The third-order valence-electron chi connectivity index (χ3n) is 1.25. The van der Waals surface area contributed by atoms with E-state index in [0.29, 0.717) is 0 Å². The average molecular weight is 193 g/mol. The van der Waals surface area contributed by atoms with Gasteiger partial charge in [0.2, 0.25) is 0 Å². The van der Waals surface area contributed by atoms with Gasteiger partial charge in [-0.3, -0.25) is 0 Å². The van der Waals surface area contributed by atoms with Crippen molar-refractivity contribution in [2.75, 3.05) is 27.2 Å². The highest BCUT2D eigenvalue weighted by Crippen LogP contribution is 1.95. The van der Waals surface area contributed by atoms with E-state index >= 15 is 0 Å². The number of hydrogen-bond acceptors (Lipinski definition) is 0. The van der Waals surface area contributed by atoms with E-state index < -0.39 is 0 Å². The first-order valence-corrected chi connectivity index (χ1v) is 3.16. The van der Waals surface area contributed by atoms with E-state index in [1.807, 2.05) is 12.2 Å². The Bertz CT molecular complexity index is 101. The molecule has 0 amide bonds. The summed E-state index contributed by atoms with van der Waals surface area (Å²) in [5.41, 5.74) is 0. The van der Waals surface area contributed by atoms with Crippen LogP contribution >= 0.6 is 12.4 Å². The fraction of sp³-hybridized carbons (Fsp3) is 0.500. The molecular formula is C8H20AlClN+. The van der Waals surface area contributed by atoms with Crippen molar-refractivity contribution in [1.29, 1.82) is 0 Å². The minimum absolute atomic E-state index is 0. The molecule has 0 atom stereocenters. The molecule has 0 aliphatic rings. The highest BCUT2D eigenvalue weighted by atomic mass is 35.5. The van der Waals surface area contributed by atoms with Crippen LogP contribution in [0.25, 0.3) is 0 Å². The molecule has 0 unspecified atom stereocenters. The second-order valence-electron chi connectivity index (χ2n) is 2.88. The van der Waals surface area contributed by atoms with E-state index in [-0.39, 0.29) is 29.8 Å². The number of hydrogen-bond donors (Lipinski definition) is 0. The molecule has 0 aliphatic carbocycles. The molecule has 0 aromatic rings. The van der Waals surface area contributed by atoms with E-state index in [4.69, 9.17) is 0 Å². The average Bonchev–Trinajstić information content (AvgIpc) is 1.64. The van der Waals surface area contributed by atoms with Gasteiger partial charge in [0, 0.05) is 0 Å². The van der Waals surface area contributed by atoms with Gasteiger partial charge in [-0.2, -0.15) is 0 Å². The van der Waals surface area contributed by atoms with Crippen molar-refractivity contribution in [2.24, 2.45) is 0 Å². The standard InChI is InChI=1S/C8H16N.Al.ClH.3H/c1-5-7-9(3,4)8-6-2;;;;;/h5-6H,1-2,7-8H2,3-4H3;;1H;;;/q+1;;;;;. The molecule has 0 saturated heterocycles. The maximum absolute atomic E-state index is 3.68. The SMILES string of the molecule is C=CC[N+](C)(C)CC=C.Cl.[AlH3]. The number of rotatable bonds is 4. The fourth-order valence-corrected chi connectivity index (χ4v) is 0.774. The molecule has 0 bridgehead atoms. The molecule has 11 heavy (non-hydrogen) atoms. The summed E-state index contributed by atoms with van der Waals surface area (Å²) < 4.78 is 0.951. The summed E-state index contributed by atoms with van der Waals surface area (Å²) in [7, 11) is 4.31. The van der Waals surface area contributed by atoms with Gasteiger partial charge in [-0.15, -0.1) is 12.4 Å². The highest BCUT2D eigenvalue weighted by molar-refractivity contribution is 5.85. The van der Waals surface area contributed by atoms with Crippen LogP contribution in [-0.4, -0.2) is 49.0 Å². The molecule has 0 radical (unpaired) electrons. The quantitative estimate of drug-likeness (QED) is 0.349. The summed E-state index contributed by atoms with van der Waals surface area (Å²) in [4.78, 5) is 0. The molecule has 0 saturated carbocycles. The van der Waals surface area contributed by atoms with Crippen LogP contribution in [0.3, 0.4) is 0 Å². The molecule has 66 valence electrons. The Morgan fingerprint density at radius 1 is 1.09 bits per heavy atom. The van der Waals surface area contributed by atoms with Gasteiger partial charge in [0.25, 0.3) is 0 Å². The van der Waals surface area contributed by atoms with Crippen LogP contribution in [0.5, 0.6) is 0 Å². The van der Waals surface area contributed by atoms with Crippen LogP contribution in [0.2, 0.25) is 0 Å². The second kappa shape index (κ2) is 8.36. The third-order valence-corrected chi connectivity index (χ3v) is 1.25. The third kappa shape index (κ3) is 10.3. The van der Waals surface area contributed by atoms with Gasteiger partial charge in [0.05, 0.1) is 27.2 Å². The number of halogens is 1. The molecule has 0 aliphatic heterocycles. The molecule has 0 spiro atoms. The van der Waals surface area contributed by atoms with Crippen molar-refractivity contribution in [3.05, 3.63) is 25.3 Å². The van der Waals surface area contributed by atoms with Crippen LogP contribution in [-0.2, 0) is 0 Å². The Balaban J connectivity index is -0.000000320. The maximum atomic E-state index is 3.68. The molecule has 0 heterocycles. The normalized spacial score (nSPS) is 8.91. The number of quaternary nitrogens is 1. The van der Waals surface area contributed by atoms with Crippen molar-refractivity contribution >= 4 is 29.8 Å². The largest absolute Gasteiger partial charge is 0.322 e. The molecule has 1 nitrogen and oxygen atoms in total. The van der Waals surface area contributed by atoms with Gasteiger partial charge < -0.3 is 4.48 Å². The Morgan fingerprint density at radius 2 is 1.36 bits per heavy atom. The Kier molecular flexibility index (Phi) is 13.2. The zero-order valence-corrected chi connectivity index (χ0v) is 7.66. The van der Waals surface area contributed by atoms with Crippen LogP contribution in [0.4, 0.5) is 0 Å². The van der Waals surface area contributed by atoms with Crippen molar-refractivity contribution in [3.63, 3.8) is 0 Å². The lowest BCUT2D eigenvalue weighted by Gasteiger charge is -2.26. The zero-order valence-electron chi connectivity index (χ0n) is 6.84. The minimum Gasteiger partial charge on any atom is -0.322 e. The van der Waals surface area contributed by atoms with Gasteiger partial charge in [-0.25, -0.2) is 0 Å². The molecule has 3 heteroatoms. The predicted molar refractivity (Wildman–Crippen MR) is 59.4 cm³/mol. The van der Waals surface area contributed by atoms with E-state index in [0.717, 1.165) is 17.6 Å². The molecule has 0 rings (SSSR count). The summed E-state index contributed by atoms with van der Waals surface area (Å²) in [5, 5.41) is 0. The van der Waals surface area contributed by atoms with Crippen molar-refractivity contribution in [2.45, 2.75) is 0 Å². The van der Waals surface area contributed by atoms with E-state index in [2.05, 4.69) is 27.3 Å². The lowest BCUT2D eigenvalue weighted by Crippen LogP contribution is -2.39. The highest BCUT2D eigenvalue weighted by Gasteiger charge is 2.07. The van der Waals surface area contributed by atoms with Gasteiger partial charge in [-0.1, -0.05) is 13.2 Å². The van der Waals surface area contributed by atoms with Crippen LogP contribution < -0.4 is 0 Å². The Morgan fingerprint density at radius 3 is 1.55 bits per heavy atom. The van der Waals surface area contributed by atoms with Gasteiger partial charge >= 0.3 is 0 Å². The summed E-state index contributed by atoms with van der Waals surface area (Å²) >= 11 is 0. The topological polar surface area (TPSA) is 0 Å². The Hall–Kier alpha value is 0.262. The monoisotopic (exact) mass is 192 g/mol. The first kappa shape index (κ1) is 17.4. The first-order valence-electron chi connectivity index (χ1n) is 3.16. The van der Waals surface area contributed by atoms with Crippen molar-refractivity contribution < 1.29 is 4.48 Å². The van der Waals surface area contributed by atoms with E-state index in [9.17, 15) is 0 Å². The van der Waals surface area contributed by atoms with E-state index in [1.165, 1.54) is 0 Å². The lowest BCUT2D eigenvalue weighted by atomic mass is 10.4. The van der Waals surface area contributed by atoms with Crippen molar-refractivity contribution in [3.8, 4) is 0 Å². The maximum Gasteiger partial charge on any atom is 0.187 e. The van der Waals surface area contributed by atoms with E-state index in [1.54, 1.807) is 0 Å².